The first kappa shape index (κ1) is 13.2. The van der Waals surface area contributed by atoms with Gasteiger partial charge < -0.3 is 5.11 Å². The third kappa shape index (κ3) is 2.23. The maximum Gasteiger partial charge on any atom is 0.0927 e. The molecule has 2 aliphatic carbocycles. The molecule has 0 spiro atoms. The fourth-order valence-electron chi connectivity index (χ4n) is 4.16. The molecule has 0 heterocycles. The Balaban J connectivity index is 1.92. The highest BCUT2D eigenvalue weighted by molar-refractivity contribution is 5.33. The molecule has 1 nitrogen and oxygen atoms in total. The Kier molecular flexibility index (Phi) is 3.01. The van der Waals surface area contributed by atoms with Gasteiger partial charge in [-0.25, -0.2) is 0 Å². The van der Waals surface area contributed by atoms with Crippen LogP contribution in [-0.4, -0.2) is 5.11 Å². The second-order valence-electron chi connectivity index (χ2n) is 7.62. The van der Waals surface area contributed by atoms with Gasteiger partial charge in [0.05, 0.1) is 5.60 Å². The van der Waals surface area contributed by atoms with Gasteiger partial charge in [0.15, 0.2) is 0 Å². The van der Waals surface area contributed by atoms with Gasteiger partial charge in [-0.05, 0) is 54.1 Å². The average molecular weight is 258 g/mol. The molecule has 2 saturated carbocycles. The van der Waals surface area contributed by atoms with Crippen LogP contribution in [0.4, 0.5) is 0 Å². The summed E-state index contributed by atoms with van der Waals surface area (Å²) in [5.41, 5.74) is 2.22. The standard InChI is InChI=1S/C18H26O/c1-13-11-17(2,3)12-18(13,19)16-9-5-8-15(10-16)14-6-4-7-14/h5,8-10,13-14,19H,4,6-7,11-12H2,1-3H3. The fourth-order valence-corrected chi connectivity index (χ4v) is 4.16. The van der Waals surface area contributed by atoms with E-state index in [-0.39, 0.29) is 5.41 Å². The lowest BCUT2D eigenvalue weighted by molar-refractivity contribution is -0.000953. The molecule has 2 fully saturated rings. The van der Waals surface area contributed by atoms with Crippen molar-refractivity contribution in [2.75, 3.05) is 0 Å². The predicted molar refractivity (Wildman–Crippen MR) is 79.1 cm³/mol. The first-order valence-corrected chi connectivity index (χ1v) is 7.74. The van der Waals surface area contributed by atoms with Crippen LogP contribution in [0, 0.1) is 11.3 Å². The Morgan fingerprint density at radius 3 is 2.47 bits per heavy atom. The van der Waals surface area contributed by atoms with Crippen LogP contribution in [0.15, 0.2) is 24.3 Å². The monoisotopic (exact) mass is 258 g/mol. The zero-order valence-electron chi connectivity index (χ0n) is 12.4. The highest BCUT2D eigenvalue weighted by Crippen LogP contribution is 2.53. The van der Waals surface area contributed by atoms with E-state index in [9.17, 15) is 5.11 Å². The lowest BCUT2D eigenvalue weighted by atomic mass is 9.77. The van der Waals surface area contributed by atoms with Crippen LogP contribution in [0.3, 0.4) is 0 Å². The number of aliphatic hydroxyl groups is 1. The quantitative estimate of drug-likeness (QED) is 0.822. The summed E-state index contributed by atoms with van der Waals surface area (Å²) in [6.45, 7) is 6.75. The summed E-state index contributed by atoms with van der Waals surface area (Å²) in [5.74, 6) is 1.09. The second kappa shape index (κ2) is 4.34. The van der Waals surface area contributed by atoms with E-state index in [1.807, 2.05) is 0 Å². The summed E-state index contributed by atoms with van der Waals surface area (Å²) >= 11 is 0. The molecule has 2 atom stereocenters. The average Bonchev–Trinajstić information content (AvgIpc) is 2.46. The normalized spacial score (nSPS) is 34.2. The van der Waals surface area contributed by atoms with Gasteiger partial charge in [0, 0.05) is 0 Å². The van der Waals surface area contributed by atoms with E-state index in [4.69, 9.17) is 0 Å². The van der Waals surface area contributed by atoms with Crippen molar-refractivity contribution in [3.63, 3.8) is 0 Å². The van der Waals surface area contributed by atoms with Crippen molar-refractivity contribution in [3.8, 4) is 0 Å². The molecule has 1 aromatic rings. The van der Waals surface area contributed by atoms with Crippen molar-refractivity contribution in [1.82, 2.24) is 0 Å². The molecule has 1 heteroatoms. The van der Waals surface area contributed by atoms with Crippen molar-refractivity contribution in [1.29, 1.82) is 0 Å². The molecule has 19 heavy (non-hydrogen) atoms. The Labute approximate surface area is 117 Å². The van der Waals surface area contributed by atoms with E-state index < -0.39 is 5.60 Å². The van der Waals surface area contributed by atoms with Gasteiger partial charge in [-0.3, -0.25) is 0 Å². The third-order valence-electron chi connectivity index (χ3n) is 5.39. The van der Waals surface area contributed by atoms with Crippen LogP contribution in [-0.2, 0) is 5.60 Å². The minimum absolute atomic E-state index is 0.251. The van der Waals surface area contributed by atoms with Gasteiger partial charge in [0.25, 0.3) is 0 Å². The van der Waals surface area contributed by atoms with E-state index in [1.165, 1.54) is 24.8 Å². The molecule has 104 valence electrons. The van der Waals surface area contributed by atoms with Crippen LogP contribution in [0.5, 0.6) is 0 Å². The molecule has 1 N–H and O–H groups in total. The van der Waals surface area contributed by atoms with Gasteiger partial charge in [-0.1, -0.05) is 51.5 Å². The van der Waals surface area contributed by atoms with Crippen molar-refractivity contribution in [3.05, 3.63) is 35.4 Å². The molecular weight excluding hydrogens is 232 g/mol. The molecule has 2 aliphatic rings. The summed E-state index contributed by atoms with van der Waals surface area (Å²) in [5, 5.41) is 11.2. The zero-order valence-corrected chi connectivity index (χ0v) is 12.4. The number of rotatable bonds is 2. The Morgan fingerprint density at radius 1 is 1.21 bits per heavy atom. The van der Waals surface area contributed by atoms with Gasteiger partial charge in [0.1, 0.15) is 0 Å². The van der Waals surface area contributed by atoms with E-state index in [0.29, 0.717) is 5.92 Å². The molecule has 0 aromatic heterocycles. The molecule has 0 aliphatic heterocycles. The number of hydrogen-bond acceptors (Lipinski definition) is 1. The molecular formula is C18H26O. The summed E-state index contributed by atoms with van der Waals surface area (Å²) < 4.78 is 0. The summed E-state index contributed by atoms with van der Waals surface area (Å²) in [6.07, 6.45) is 6.00. The first-order valence-electron chi connectivity index (χ1n) is 7.74. The minimum atomic E-state index is -0.622. The minimum Gasteiger partial charge on any atom is -0.385 e. The predicted octanol–water partition coefficient (Wildman–Crippen LogP) is 4.60. The smallest absolute Gasteiger partial charge is 0.0927 e. The third-order valence-corrected chi connectivity index (χ3v) is 5.39. The summed E-state index contributed by atoms with van der Waals surface area (Å²) in [6, 6.07) is 8.78. The molecule has 0 saturated heterocycles. The maximum absolute atomic E-state index is 11.2. The van der Waals surface area contributed by atoms with E-state index >= 15 is 0 Å². The van der Waals surface area contributed by atoms with Gasteiger partial charge >= 0.3 is 0 Å². The van der Waals surface area contributed by atoms with Gasteiger partial charge in [-0.2, -0.15) is 0 Å². The maximum atomic E-state index is 11.2. The molecule has 0 bridgehead atoms. The topological polar surface area (TPSA) is 20.2 Å². The largest absolute Gasteiger partial charge is 0.385 e. The second-order valence-corrected chi connectivity index (χ2v) is 7.62. The fraction of sp³-hybridized carbons (Fsp3) is 0.667. The Hall–Kier alpha value is -0.820. The van der Waals surface area contributed by atoms with Gasteiger partial charge in [0.2, 0.25) is 0 Å². The van der Waals surface area contributed by atoms with Crippen molar-refractivity contribution >= 4 is 0 Å². The van der Waals surface area contributed by atoms with E-state index in [2.05, 4.69) is 45.0 Å². The van der Waals surface area contributed by atoms with E-state index in [1.54, 1.807) is 0 Å². The SMILES string of the molecule is CC1CC(C)(C)CC1(O)c1cccc(C2CCC2)c1. The highest BCUT2D eigenvalue weighted by atomic mass is 16.3. The van der Waals surface area contributed by atoms with Gasteiger partial charge in [-0.15, -0.1) is 0 Å². The van der Waals surface area contributed by atoms with Crippen LogP contribution >= 0.6 is 0 Å². The van der Waals surface area contributed by atoms with Crippen LogP contribution in [0.25, 0.3) is 0 Å². The van der Waals surface area contributed by atoms with Crippen molar-refractivity contribution < 1.29 is 5.11 Å². The summed E-state index contributed by atoms with van der Waals surface area (Å²) in [4.78, 5) is 0. The van der Waals surface area contributed by atoms with E-state index in [0.717, 1.165) is 24.3 Å². The lowest BCUT2D eigenvalue weighted by Crippen LogP contribution is -2.29. The molecule has 1 aromatic carbocycles. The van der Waals surface area contributed by atoms with Crippen LogP contribution in [0.2, 0.25) is 0 Å². The van der Waals surface area contributed by atoms with Crippen LogP contribution < -0.4 is 0 Å². The van der Waals surface area contributed by atoms with Crippen molar-refractivity contribution in [2.24, 2.45) is 11.3 Å². The lowest BCUT2D eigenvalue weighted by Gasteiger charge is -2.32. The zero-order chi connectivity index (χ0) is 13.7. The van der Waals surface area contributed by atoms with Crippen LogP contribution in [0.1, 0.15) is 69.9 Å². The Morgan fingerprint density at radius 2 is 1.95 bits per heavy atom. The first-order chi connectivity index (χ1) is 8.91. The number of benzene rings is 1. The number of hydrogen-bond donors (Lipinski definition) is 1. The van der Waals surface area contributed by atoms with Crippen molar-refractivity contribution in [2.45, 2.75) is 64.4 Å². The Bertz CT molecular complexity index is 472. The molecule has 0 radical (unpaired) electrons. The summed E-state index contributed by atoms with van der Waals surface area (Å²) in [7, 11) is 0. The molecule has 2 unspecified atom stereocenters. The molecule has 0 amide bonds. The molecule has 3 rings (SSSR count). The highest BCUT2D eigenvalue weighted by Gasteiger charge is 2.48.